The number of hydrogen-bond acceptors (Lipinski definition) is 4. The molecule has 3 aromatic rings. The summed E-state index contributed by atoms with van der Waals surface area (Å²) in [5.41, 5.74) is 3.40. The van der Waals surface area contributed by atoms with Crippen LogP contribution in [0.1, 0.15) is 28.4 Å². The van der Waals surface area contributed by atoms with Crippen LogP contribution in [0.2, 0.25) is 0 Å². The van der Waals surface area contributed by atoms with Crippen molar-refractivity contribution in [3.05, 3.63) is 86.4 Å². The number of ketones is 1. The summed E-state index contributed by atoms with van der Waals surface area (Å²) < 4.78 is 2.48. The molecule has 0 saturated carbocycles. The standard InChI is InChI=1S/C21H19BrN2O2S/c1-13-4-5-16(12-14(13)2)19(25)15(3)27-20-21(26)24(11-10-23-20)18-8-6-17(22)7-9-18/h4-12,15H,1-3H3/t15-/m1/s1. The van der Waals surface area contributed by atoms with E-state index in [1.54, 1.807) is 19.3 Å². The summed E-state index contributed by atoms with van der Waals surface area (Å²) in [6, 6.07) is 13.1. The molecule has 1 atom stereocenters. The normalized spacial score (nSPS) is 12.0. The van der Waals surface area contributed by atoms with E-state index < -0.39 is 5.25 Å². The van der Waals surface area contributed by atoms with Gasteiger partial charge in [-0.1, -0.05) is 39.8 Å². The zero-order chi connectivity index (χ0) is 19.6. The van der Waals surface area contributed by atoms with E-state index in [0.717, 1.165) is 21.3 Å². The lowest BCUT2D eigenvalue weighted by Crippen LogP contribution is -2.23. The molecule has 0 unspecified atom stereocenters. The molecule has 0 amide bonds. The smallest absolute Gasteiger partial charge is 0.287 e. The molecule has 0 aliphatic heterocycles. The maximum absolute atomic E-state index is 12.8. The molecule has 0 aliphatic rings. The molecule has 27 heavy (non-hydrogen) atoms. The molecule has 0 fully saturated rings. The number of aryl methyl sites for hydroxylation is 2. The fourth-order valence-corrected chi connectivity index (χ4v) is 3.79. The summed E-state index contributed by atoms with van der Waals surface area (Å²) in [6.45, 7) is 5.81. The molecule has 0 saturated heterocycles. The molecule has 6 heteroatoms. The molecule has 0 N–H and O–H groups in total. The van der Waals surface area contributed by atoms with Gasteiger partial charge in [-0.15, -0.1) is 0 Å². The number of aromatic nitrogens is 2. The Kier molecular flexibility index (Phi) is 5.97. The van der Waals surface area contributed by atoms with Gasteiger partial charge in [0.25, 0.3) is 5.56 Å². The topological polar surface area (TPSA) is 52.0 Å². The molecule has 0 bridgehead atoms. The maximum atomic E-state index is 12.8. The molecule has 4 nitrogen and oxygen atoms in total. The van der Waals surface area contributed by atoms with E-state index in [-0.39, 0.29) is 11.3 Å². The summed E-state index contributed by atoms with van der Waals surface area (Å²) in [5.74, 6) is -0.0108. The second-order valence-electron chi connectivity index (χ2n) is 6.31. The highest BCUT2D eigenvalue weighted by Crippen LogP contribution is 2.23. The number of benzene rings is 2. The van der Waals surface area contributed by atoms with E-state index in [2.05, 4.69) is 20.9 Å². The third kappa shape index (κ3) is 4.39. The summed E-state index contributed by atoms with van der Waals surface area (Å²) >= 11 is 4.58. The van der Waals surface area contributed by atoms with Crippen molar-refractivity contribution in [1.82, 2.24) is 9.55 Å². The Morgan fingerprint density at radius 3 is 2.48 bits per heavy atom. The van der Waals surface area contributed by atoms with Crippen molar-refractivity contribution in [2.75, 3.05) is 0 Å². The van der Waals surface area contributed by atoms with E-state index in [1.165, 1.54) is 16.3 Å². The molecular weight excluding hydrogens is 424 g/mol. The lowest BCUT2D eigenvalue weighted by atomic mass is 10.0. The van der Waals surface area contributed by atoms with Gasteiger partial charge in [-0.05, 0) is 62.2 Å². The number of thioether (sulfide) groups is 1. The predicted molar refractivity (Wildman–Crippen MR) is 113 cm³/mol. The summed E-state index contributed by atoms with van der Waals surface area (Å²) in [4.78, 5) is 29.8. The van der Waals surface area contributed by atoms with Crippen molar-refractivity contribution < 1.29 is 4.79 Å². The van der Waals surface area contributed by atoms with Crippen LogP contribution in [0.5, 0.6) is 0 Å². The second-order valence-corrected chi connectivity index (χ2v) is 8.55. The van der Waals surface area contributed by atoms with E-state index in [0.29, 0.717) is 10.6 Å². The van der Waals surface area contributed by atoms with Crippen molar-refractivity contribution in [3.8, 4) is 5.69 Å². The predicted octanol–water partition coefficient (Wildman–Crippen LogP) is 4.98. The highest BCUT2D eigenvalue weighted by Gasteiger charge is 2.20. The highest BCUT2D eigenvalue weighted by molar-refractivity contribution is 9.10. The number of carbonyl (C=O) groups excluding carboxylic acids is 1. The summed E-state index contributed by atoms with van der Waals surface area (Å²) in [5, 5.41) is -0.0989. The minimum Gasteiger partial charge on any atom is -0.293 e. The van der Waals surface area contributed by atoms with Gasteiger partial charge in [0.1, 0.15) is 0 Å². The van der Waals surface area contributed by atoms with Gasteiger partial charge in [0.15, 0.2) is 10.8 Å². The number of rotatable bonds is 5. The minimum atomic E-state index is -0.409. The quantitative estimate of drug-likeness (QED) is 0.413. The van der Waals surface area contributed by atoms with Crippen molar-refractivity contribution in [3.63, 3.8) is 0 Å². The van der Waals surface area contributed by atoms with Crippen LogP contribution in [-0.2, 0) is 0 Å². The molecule has 0 aliphatic carbocycles. The van der Waals surface area contributed by atoms with Crippen LogP contribution < -0.4 is 5.56 Å². The van der Waals surface area contributed by atoms with Gasteiger partial charge >= 0.3 is 0 Å². The fourth-order valence-electron chi connectivity index (χ4n) is 2.63. The summed E-state index contributed by atoms with van der Waals surface area (Å²) in [6.07, 6.45) is 3.21. The zero-order valence-corrected chi connectivity index (χ0v) is 17.7. The van der Waals surface area contributed by atoms with E-state index in [4.69, 9.17) is 0 Å². The first-order chi connectivity index (χ1) is 12.9. The highest BCUT2D eigenvalue weighted by atomic mass is 79.9. The van der Waals surface area contributed by atoms with Crippen LogP contribution in [0.3, 0.4) is 0 Å². The van der Waals surface area contributed by atoms with Gasteiger partial charge in [-0.25, -0.2) is 4.98 Å². The van der Waals surface area contributed by atoms with E-state index in [9.17, 15) is 9.59 Å². The Bertz CT molecular complexity index is 1040. The van der Waals surface area contributed by atoms with Gasteiger partial charge < -0.3 is 0 Å². The number of hydrogen-bond donors (Lipinski definition) is 0. The van der Waals surface area contributed by atoms with Gasteiger partial charge in [-0.2, -0.15) is 0 Å². The molecule has 0 spiro atoms. The van der Waals surface area contributed by atoms with Crippen LogP contribution in [0.15, 0.2) is 69.2 Å². The van der Waals surface area contributed by atoms with Gasteiger partial charge in [-0.3, -0.25) is 14.2 Å². The Labute approximate surface area is 170 Å². The van der Waals surface area contributed by atoms with Gasteiger partial charge in [0.05, 0.1) is 5.25 Å². The van der Waals surface area contributed by atoms with Crippen molar-refractivity contribution in [2.45, 2.75) is 31.0 Å². The van der Waals surface area contributed by atoms with E-state index >= 15 is 0 Å². The largest absolute Gasteiger partial charge is 0.293 e. The Balaban J connectivity index is 1.86. The fraction of sp³-hybridized carbons (Fsp3) is 0.190. The van der Waals surface area contributed by atoms with Crippen LogP contribution >= 0.6 is 27.7 Å². The number of carbonyl (C=O) groups is 1. The Hall–Kier alpha value is -2.18. The van der Waals surface area contributed by atoms with Crippen LogP contribution in [0, 0.1) is 13.8 Å². The average Bonchev–Trinajstić information content (AvgIpc) is 2.66. The Morgan fingerprint density at radius 2 is 1.81 bits per heavy atom. The minimum absolute atomic E-state index is 0.0108. The summed E-state index contributed by atoms with van der Waals surface area (Å²) in [7, 11) is 0. The lowest BCUT2D eigenvalue weighted by molar-refractivity contribution is 0.0994. The third-order valence-corrected chi connectivity index (χ3v) is 5.96. The van der Waals surface area contributed by atoms with Crippen LogP contribution in [0.25, 0.3) is 5.69 Å². The van der Waals surface area contributed by atoms with E-state index in [1.807, 2.05) is 56.3 Å². The van der Waals surface area contributed by atoms with Crippen molar-refractivity contribution >= 4 is 33.5 Å². The molecule has 1 aromatic heterocycles. The van der Waals surface area contributed by atoms with Crippen LogP contribution in [-0.4, -0.2) is 20.6 Å². The first-order valence-electron chi connectivity index (χ1n) is 8.48. The molecule has 138 valence electrons. The molecule has 1 heterocycles. The SMILES string of the molecule is Cc1ccc(C(=O)[C@@H](C)Sc2nccn(-c3ccc(Br)cc3)c2=O)cc1C. The van der Waals surface area contributed by atoms with Crippen molar-refractivity contribution in [2.24, 2.45) is 0 Å². The molecule has 3 rings (SSSR count). The molecular formula is C21H19BrN2O2S. The monoisotopic (exact) mass is 442 g/mol. The van der Waals surface area contributed by atoms with Gasteiger partial charge in [0.2, 0.25) is 0 Å². The maximum Gasteiger partial charge on any atom is 0.287 e. The lowest BCUT2D eigenvalue weighted by Gasteiger charge is -2.12. The third-order valence-electron chi connectivity index (χ3n) is 4.36. The zero-order valence-electron chi connectivity index (χ0n) is 15.3. The molecule has 2 aromatic carbocycles. The van der Waals surface area contributed by atoms with Crippen molar-refractivity contribution in [1.29, 1.82) is 0 Å². The first-order valence-corrected chi connectivity index (χ1v) is 10.2. The second kappa shape index (κ2) is 8.23. The number of nitrogens with zero attached hydrogens (tertiary/aromatic N) is 2. The average molecular weight is 443 g/mol. The number of halogens is 1. The Morgan fingerprint density at radius 1 is 1.11 bits per heavy atom. The number of Topliss-reactive ketones (excluding diaryl/α,β-unsaturated/α-hetero) is 1. The first kappa shape index (κ1) is 19.6. The van der Waals surface area contributed by atoms with Crippen LogP contribution in [0.4, 0.5) is 0 Å². The van der Waals surface area contributed by atoms with Gasteiger partial charge in [0, 0.05) is 28.1 Å². The molecule has 0 radical (unpaired) electrons.